The lowest BCUT2D eigenvalue weighted by molar-refractivity contribution is -0.0765. The molecule has 0 aliphatic carbocycles. The molecule has 1 heterocycles. The summed E-state index contributed by atoms with van der Waals surface area (Å²) in [5.41, 5.74) is 3.28. The topological polar surface area (TPSA) is 18.5 Å². The maximum Gasteiger partial charge on any atom is 0.227 e. The van der Waals surface area contributed by atoms with E-state index in [-0.39, 0.29) is 6.29 Å². The molecule has 0 saturated carbocycles. The summed E-state index contributed by atoms with van der Waals surface area (Å²) < 4.78 is 11.3. The number of benzene rings is 2. The van der Waals surface area contributed by atoms with Crippen LogP contribution >= 0.6 is 0 Å². The zero-order chi connectivity index (χ0) is 12.4. The van der Waals surface area contributed by atoms with Crippen molar-refractivity contribution in [2.24, 2.45) is 0 Å². The van der Waals surface area contributed by atoms with Crippen LogP contribution in [0.4, 0.5) is 0 Å². The summed E-state index contributed by atoms with van der Waals surface area (Å²) >= 11 is 0. The molecular weight excluding hydrogens is 224 g/mol. The largest absolute Gasteiger partial charge is 0.460 e. The molecule has 90 valence electrons. The first-order valence-electron chi connectivity index (χ1n) is 5.94. The molecule has 1 unspecified atom stereocenters. The van der Waals surface area contributed by atoms with Crippen LogP contribution in [0.2, 0.25) is 0 Å². The fraction of sp³-hybridized carbons (Fsp3) is 0.125. The monoisotopic (exact) mass is 238 g/mol. The molecule has 2 nitrogen and oxygen atoms in total. The molecule has 1 aliphatic heterocycles. The van der Waals surface area contributed by atoms with Crippen LogP contribution in [-0.4, -0.2) is 7.11 Å². The molecule has 2 aromatic rings. The number of hydrogen-bond donors (Lipinski definition) is 0. The van der Waals surface area contributed by atoms with Crippen molar-refractivity contribution in [2.45, 2.75) is 6.29 Å². The average Bonchev–Trinajstić information content (AvgIpc) is 2.47. The second-order valence-electron chi connectivity index (χ2n) is 4.19. The lowest BCUT2D eigenvalue weighted by Crippen LogP contribution is -2.11. The summed E-state index contributed by atoms with van der Waals surface area (Å²) in [5.74, 6) is 0.848. The maximum absolute atomic E-state index is 5.89. The number of fused-ring (bicyclic) bond motifs is 1. The Bertz CT molecular complexity index is 573. The van der Waals surface area contributed by atoms with Crippen molar-refractivity contribution >= 4 is 11.8 Å². The SMILES string of the molecule is COC1OC(c2ccccc2)=Cc2ccccc21. The highest BCUT2D eigenvalue weighted by Gasteiger charge is 2.22. The zero-order valence-electron chi connectivity index (χ0n) is 10.2. The van der Waals surface area contributed by atoms with Crippen LogP contribution in [0.15, 0.2) is 54.6 Å². The smallest absolute Gasteiger partial charge is 0.227 e. The molecule has 0 radical (unpaired) electrons. The van der Waals surface area contributed by atoms with Gasteiger partial charge in [-0.15, -0.1) is 0 Å². The van der Waals surface area contributed by atoms with E-state index < -0.39 is 0 Å². The van der Waals surface area contributed by atoms with Crippen LogP contribution in [-0.2, 0) is 9.47 Å². The molecule has 0 amide bonds. The predicted octanol–water partition coefficient (Wildman–Crippen LogP) is 3.86. The molecule has 3 rings (SSSR count). The second-order valence-corrected chi connectivity index (χ2v) is 4.19. The zero-order valence-corrected chi connectivity index (χ0v) is 10.2. The normalized spacial score (nSPS) is 17.6. The number of hydrogen-bond acceptors (Lipinski definition) is 2. The van der Waals surface area contributed by atoms with Gasteiger partial charge in [-0.05, 0) is 11.6 Å². The first kappa shape index (κ1) is 11.1. The van der Waals surface area contributed by atoms with E-state index in [9.17, 15) is 0 Å². The summed E-state index contributed by atoms with van der Waals surface area (Å²) in [6.45, 7) is 0. The number of methoxy groups -OCH3 is 1. The minimum Gasteiger partial charge on any atom is -0.460 e. The van der Waals surface area contributed by atoms with E-state index in [0.29, 0.717) is 0 Å². The number of ether oxygens (including phenoxy) is 2. The van der Waals surface area contributed by atoms with Crippen LogP contribution in [0, 0.1) is 0 Å². The van der Waals surface area contributed by atoms with E-state index in [1.54, 1.807) is 7.11 Å². The molecular formula is C16H14O2. The molecule has 1 aliphatic rings. The maximum atomic E-state index is 5.89. The first-order chi connectivity index (χ1) is 8.88. The standard InChI is InChI=1S/C16H14O2/c1-17-16-14-10-6-5-9-13(14)11-15(18-16)12-7-3-2-4-8-12/h2-11,16H,1H3. The molecule has 0 fully saturated rings. The molecule has 2 aromatic carbocycles. The Morgan fingerprint density at radius 2 is 1.67 bits per heavy atom. The molecule has 0 saturated heterocycles. The minimum atomic E-state index is -0.332. The highest BCUT2D eigenvalue weighted by atomic mass is 16.7. The first-order valence-corrected chi connectivity index (χ1v) is 5.94. The third kappa shape index (κ3) is 1.91. The van der Waals surface area contributed by atoms with Gasteiger partial charge in [-0.3, -0.25) is 0 Å². The lowest BCUT2D eigenvalue weighted by atomic mass is 10.0. The third-order valence-corrected chi connectivity index (χ3v) is 3.04. The summed E-state index contributed by atoms with van der Waals surface area (Å²) in [6.07, 6.45) is 1.72. The molecule has 0 aromatic heterocycles. The van der Waals surface area contributed by atoms with E-state index in [2.05, 4.69) is 12.1 Å². The third-order valence-electron chi connectivity index (χ3n) is 3.04. The van der Waals surface area contributed by atoms with E-state index in [4.69, 9.17) is 9.47 Å². The van der Waals surface area contributed by atoms with Crippen molar-refractivity contribution in [1.82, 2.24) is 0 Å². The van der Waals surface area contributed by atoms with Gasteiger partial charge in [0.05, 0.1) is 0 Å². The van der Waals surface area contributed by atoms with E-state index in [1.807, 2.05) is 48.5 Å². The molecule has 1 atom stereocenters. The quantitative estimate of drug-likeness (QED) is 0.791. The van der Waals surface area contributed by atoms with Crippen molar-refractivity contribution in [2.75, 3.05) is 7.11 Å². The molecule has 0 spiro atoms. The van der Waals surface area contributed by atoms with Gasteiger partial charge in [0.2, 0.25) is 6.29 Å². The van der Waals surface area contributed by atoms with Crippen molar-refractivity contribution in [3.63, 3.8) is 0 Å². The van der Waals surface area contributed by atoms with Gasteiger partial charge in [0.25, 0.3) is 0 Å². The molecule has 18 heavy (non-hydrogen) atoms. The van der Waals surface area contributed by atoms with Crippen LogP contribution in [0.25, 0.3) is 11.8 Å². The van der Waals surface area contributed by atoms with Crippen LogP contribution in [0.1, 0.15) is 23.0 Å². The van der Waals surface area contributed by atoms with Gasteiger partial charge in [-0.1, -0.05) is 54.6 Å². The Morgan fingerprint density at radius 1 is 0.944 bits per heavy atom. The van der Waals surface area contributed by atoms with E-state index in [0.717, 1.165) is 22.4 Å². The highest BCUT2D eigenvalue weighted by Crippen LogP contribution is 2.35. The Morgan fingerprint density at radius 3 is 2.44 bits per heavy atom. The van der Waals surface area contributed by atoms with Crippen molar-refractivity contribution in [3.05, 3.63) is 71.3 Å². The lowest BCUT2D eigenvalue weighted by Gasteiger charge is -2.25. The minimum absolute atomic E-state index is 0.332. The molecule has 0 N–H and O–H groups in total. The van der Waals surface area contributed by atoms with Gasteiger partial charge in [0.1, 0.15) is 5.76 Å². The van der Waals surface area contributed by atoms with Crippen LogP contribution in [0.3, 0.4) is 0 Å². The van der Waals surface area contributed by atoms with Gasteiger partial charge >= 0.3 is 0 Å². The Balaban J connectivity index is 2.07. The van der Waals surface area contributed by atoms with E-state index >= 15 is 0 Å². The second kappa shape index (κ2) is 4.67. The van der Waals surface area contributed by atoms with E-state index in [1.165, 1.54) is 0 Å². The van der Waals surface area contributed by atoms with Gasteiger partial charge in [0, 0.05) is 18.2 Å². The Kier molecular flexibility index (Phi) is 2.87. The van der Waals surface area contributed by atoms with Gasteiger partial charge < -0.3 is 9.47 Å². The number of rotatable bonds is 2. The summed E-state index contributed by atoms with van der Waals surface area (Å²) in [7, 11) is 1.66. The Hall–Kier alpha value is -2.06. The summed E-state index contributed by atoms with van der Waals surface area (Å²) in [6, 6.07) is 18.2. The van der Waals surface area contributed by atoms with Gasteiger partial charge in [0.15, 0.2) is 0 Å². The molecule has 0 bridgehead atoms. The van der Waals surface area contributed by atoms with Gasteiger partial charge in [-0.2, -0.15) is 0 Å². The predicted molar refractivity (Wildman–Crippen MR) is 71.6 cm³/mol. The fourth-order valence-electron chi connectivity index (χ4n) is 2.14. The summed E-state index contributed by atoms with van der Waals surface area (Å²) in [4.78, 5) is 0. The fourth-order valence-corrected chi connectivity index (χ4v) is 2.14. The van der Waals surface area contributed by atoms with Crippen molar-refractivity contribution < 1.29 is 9.47 Å². The van der Waals surface area contributed by atoms with Crippen molar-refractivity contribution in [3.8, 4) is 0 Å². The highest BCUT2D eigenvalue weighted by molar-refractivity contribution is 5.80. The summed E-state index contributed by atoms with van der Waals surface area (Å²) in [5, 5.41) is 0. The average molecular weight is 238 g/mol. The Labute approximate surface area is 106 Å². The van der Waals surface area contributed by atoms with Crippen molar-refractivity contribution in [1.29, 1.82) is 0 Å². The molecule has 2 heteroatoms. The van der Waals surface area contributed by atoms with Gasteiger partial charge in [-0.25, -0.2) is 0 Å². The van der Waals surface area contributed by atoms with Crippen LogP contribution in [0.5, 0.6) is 0 Å². The van der Waals surface area contributed by atoms with Crippen LogP contribution < -0.4 is 0 Å².